The fourth-order valence-electron chi connectivity index (χ4n) is 2.93. The maximum Gasteiger partial charge on any atom is 0.273 e. The number of nitro groups is 1. The van der Waals surface area contributed by atoms with Gasteiger partial charge in [-0.2, -0.15) is 0 Å². The van der Waals surface area contributed by atoms with Gasteiger partial charge in [0.15, 0.2) is 6.61 Å². The normalized spacial score (nSPS) is 13.4. The van der Waals surface area contributed by atoms with Gasteiger partial charge in [-0.1, -0.05) is 44.2 Å². The maximum absolute atomic E-state index is 12.7. The molecule has 1 amide bonds. The number of hydrogen-bond acceptors (Lipinski definition) is 4. The van der Waals surface area contributed by atoms with Gasteiger partial charge in [0.25, 0.3) is 11.6 Å². The van der Waals surface area contributed by atoms with Crippen LogP contribution in [0, 0.1) is 10.1 Å². The lowest BCUT2D eigenvalue weighted by Crippen LogP contribution is -2.36. The minimum atomic E-state index is -0.480. The van der Waals surface area contributed by atoms with E-state index in [2.05, 4.69) is 38.1 Å². The lowest BCUT2D eigenvalue weighted by molar-refractivity contribution is -0.384. The molecule has 0 heterocycles. The predicted octanol–water partition coefficient (Wildman–Crippen LogP) is 4.29. The monoisotopic (exact) mass is 368 g/mol. The van der Waals surface area contributed by atoms with Gasteiger partial charge in [-0.3, -0.25) is 14.9 Å². The molecule has 0 atom stereocenters. The van der Waals surface area contributed by atoms with Gasteiger partial charge in [-0.15, -0.1) is 0 Å². The molecule has 27 heavy (non-hydrogen) atoms. The van der Waals surface area contributed by atoms with E-state index in [-0.39, 0.29) is 24.2 Å². The minimum absolute atomic E-state index is 0.0516. The van der Waals surface area contributed by atoms with Crippen molar-refractivity contribution in [2.45, 2.75) is 45.2 Å². The molecule has 0 aromatic heterocycles. The summed E-state index contributed by atoms with van der Waals surface area (Å²) in [5.41, 5.74) is 2.32. The first-order valence-corrected chi connectivity index (χ1v) is 9.19. The quantitative estimate of drug-likeness (QED) is 0.515. The molecule has 1 saturated carbocycles. The van der Waals surface area contributed by atoms with Gasteiger partial charge in [-0.25, -0.2) is 0 Å². The molecule has 0 bridgehead atoms. The van der Waals surface area contributed by atoms with Crippen LogP contribution in [-0.4, -0.2) is 28.4 Å². The van der Waals surface area contributed by atoms with Crippen molar-refractivity contribution in [3.8, 4) is 5.75 Å². The average molecular weight is 368 g/mol. The minimum Gasteiger partial charge on any atom is -0.484 e. The number of nitrogens with zero attached hydrogens (tertiary/aromatic N) is 2. The average Bonchev–Trinajstić information content (AvgIpc) is 3.49. The molecule has 0 saturated heterocycles. The van der Waals surface area contributed by atoms with E-state index in [1.807, 2.05) is 4.90 Å². The van der Waals surface area contributed by atoms with E-state index in [0.29, 0.717) is 18.2 Å². The van der Waals surface area contributed by atoms with Crippen molar-refractivity contribution in [2.75, 3.05) is 6.61 Å². The zero-order valence-corrected chi connectivity index (χ0v) is 15.6. The van der Waals surface area contributed by atoms with Gasteiger partial charge in [0.1, 0.15) is 5.75 Å². The number of carbonyl (C=O) groups excluding carboxylic acids is 1. The van der Waals surface area contributed by atoms with Gasteiger partial charge in [0.05, 0.1) is 11.0 Å². The zero-order valence-electron chi connectivity index (χ0n) is 15.6. The Kier molecular flexibility index (Phi) is 5.74. The molecule has 3 rings (SSSR count). The molecule has 0 radical (unpaired) electrons. The molecule has 6 nitrogen and oxygen atoms in total. The fourth-order valence-corrected chi connectivity index (χ4v) is 2.93. The van der Waals surface area contributed by atoms with Crippen LogP contribution in [0.5, 0.6) is 5.75 Å². The standard InChI is InChI=1S/C21H24N2O4/c1-15(2)17-8-6-16(7-9-17)13-22(18-10-11-18)21(24)14-27-20-5-3-4-19(12-20)23(25)26/h3-9,12,15,18H,10-11,13-14H2,1-2H3. The van der Waals surface area contributed by atoms with Gasteiger partial charge in [0, 0.05) is 18.7 Å². The smallest absolute Gasteiger partial charge is 0.273 e. The highest BCUT2D eigenvalue weighted by Gasteiger charge is 2.32. The fraction of sp³-hybridized carbons (Fsp3) is 0.381. The predicted molar refractivity (Wildman–Crippen MR) is 103 cm³/mol. The number of non-ortho nitro benzene ring substituents is 1. The largest absolute Gasteiger partial charge is 0.484 e. The van der Waals surface area contributed by atoms with E-state index in [1.54, 1.807) is 12.1 Å². The summed E-state index contributed by atoms with van der Waals surface area (Å²) in [6.45, 7) is 4.74. The summed E-state index contributed by atoms with van der Waals surface area (Å²) in [5.74, 6) is 0.704. The number of benzene rings is 2. The molecular formula is C21H24N2O4. The van der Waals surface area contributed by atoms with Crippen LogP contribution in [-0.2, 0) is 11.3 Å². The summed E-state index contributed by atoms with van der Waals surface area (Å²) in [7, 11) is 0. The van der Waals surface area contributed by atoms with Crippen molar-refractivity contribution in [3.63, 3.8) is 0 Å². The van der Waals surface area contributed by atoms with Crippen molar-refractivity contribution in [3.05, 3.63) is 69.8 Å². The van der Waals surface area contributed by atoms with Crippen LogP contribution < -0.4 is 4.74 Å². The van der Waals surface area contributed by atoms with Crippen LogP contribution in [0.3, 0.4) is 0 Å². The Balaban J connectivity index is 1.62. The lowest BCUT2D eigenvalue weighted by Gasteiger charge is -2.23. The van der Waals surface area contributed by atoms with E-state index in [1.165, 1.54) is 17.7 Å². The van der Waals surface area contributed by atoms with Gasteiger partial charge in [0.2, 0.25) is 0 Å². The Labute approximate surface area is 158 Å². The Hall–Kier alpha value is -2.89. The third kappa shape index (κ3) is 5.06. The Bertz CT molecular complexity index is 813. The summed E-state index contributed by atoms with van der Waals surface area (Å²) in [6, 6.07) is 14.5. The number of carbonyl (C=O) groups is 1. The van der Waals surface area contributed by atoms with Crippen molar-refractivity contribution in [1.29, 1.82) is 0 Å². The lowest BCUT2D eigenvalue weighted by atomic mass is 10.0. The highest BCUT2D eigenvalue weighted by molar-refractivity contribution is 5.78. The first kappa shape index (κ1) is 18.9. The SMILES string of the molecule is CC(C)c1ccc(CN(C(=O)COc2cccc([N+](=O)[O-])c2)C2CC2)cc1. The van der Waals surface area contributed by atoms with Crippen LogP contribution in [0.2, 0.25) is 0 Å². The molecule has 0 N–H and O–H groups in total. The van der Waals surface area contributed by atoms with Crippen molar-refractivity contribution < 1.29 is 14.5 Å². The Morgan fingerprint density at radius 2 is 1.93 bits per heavy atom. The molecule has 142 valence electrons. The second kappa shape index (κ2) is 8.20. The molecule has 2 aromatic rings. The van der Waals surface area contributed by atoms with Gasteiger partial charge < -0.3 is 9.64 Å². The summed E-state index contributed by atoms with van der Waals surface area (Å²) in [4.78, 5) is 24.9. The Morgan fingerprint density at radius 1 is 1.22 bits per heavy atom. The summed E-state index contributed by atoms with van der Waals surface area (Å²) in [5, 5.41) is 10.8. The topological polar surface area (TPSA) is 72.7 Å². The number of ether oxygens (including phenoxy) is 1. The summed E-state index contributed by atoms with van der Waals surface area (Å²) in [6.07, 6.45) is 2.01. The maximum atomic E-state index is 12.7. The van der Waals surface area contributed by atoms with Gasteiger partial charge in [-0.05, 0) is 36.0 Å². The summed E-state index contributed by atoms with van der Waals surface area (Å²) < 4.78 is 5.51. The molecule has 2 aromatic carbocycles. The van der Waals surface area contributed by atoms with Crippen LogP contribution in [0.1, 0.15) is 43.7 Å². The van der Waals surface area contributed by atoms with Crippen LogP contribution >= 0.6 is 0 Å². The van der Waals surface area contributed by atoms with Crippen molar-refractivity contribution in [2.24, 2.45) is 0 Å². The molecule has 1 fully saturated rings. The molecule has 6 heteroatoms. The molecular weight excluding hydrogens is 344 g/mol. The van der Waals surface area contributed by atoms with Gasteiger partial charge >= 0.3 is 0 Å². The van der Waals surface area contributed by atoms with Crippen molar-refractivity contribution >= 4 is 11.6 Å². The van der Waals surface area contributed by atoms with Crippen LogP contribution in [0.4, 0.5) is 5.69 Å². The van der Waals surface area contributed by atoms with Crippen LogP contribution in [0.15, 0.2) is 48.5 Å². The molecule has 1 aliphatic rings. The van der Waals surface area contributed by atoms with Crippen LogP contribution in [0.25, 0.3) is 0 Å². The van der Waals surface area contributed by atoms with E-state index < -0.39 is 4.92 Å². The molecule has 0 unspecified atom stereocenters. The van der Waals surface area contributed by atoms with E-state index in [0.717, 1.165) is 18.4 Å². The third-order valence-electron chi connectivity index (χ3n) is 4.70. The molecule has 1 aliphatic carbocycles. The second-order valence-corrected chi connectivity index (χ2v) is 7.19. The summed E-state index contributed by atoms with van der Waals surface area (Å²) >= 11 is 0. The highest BCUT2D eigenvalue weighted by Crippen LogP contribution is 2.29. The Morgan fingerprint density at radius 3 is 2.52 bits per heavy atom. The number of rotatable bonds is 8. The first-order valence-electron chi connectivity index (χ1n) is 9.19. The second-order valence-electron chi connectivity index (χ2n) is 7.19. The van der Waals surface area contributed by atoms with Crippen molar-refractivity contribution in [1.82, 2.24) is 4.90 Å². The van der Waals surface area contributed by atoms with E-state index >= 15 is 0 Å². The number of hydrogen-bond donors (Lipinski definition) is 0. The zero-order chi connectivity index (χ0) is 19.4. The van der Waals surface area contributed by atoms with E-state index in [4.69, 9.17) is 4.74 Å². The molecule has 0 spiro atoms. The number of nitro benzene ring substituents is 1. The molecule has 0 aliphatic heterocycles. The van der Waals surface area contributed by atoms with E-state index in [9.17, 15) is 14.9 Å². The third-order valence-corrected chi connectivity index (χ3v) is 4.70. The number of amides is 1. The highest BCUT2D eigenvalue weighted by atomic mass is 16.6. The first-order chi connectivity index (χ1) is 12.9.